The zero-order valence-electron chi connectivity index (χ0n) is 14.8. The van der Waals surface area contributed by atoms with E-state index in [4.69, 9.17) is 4.74 Å². The Morgan fingerprint density at radius 1 is 1.11 bits per heavy atom. The lowest BCUT2D eigenvalue weighted by atomic mass is 10.2. The first-order chi connectivity index (χ1) is 13.7. The normalized spacial score (nSPS) is 11.1. The summed E-state index contributed by atoms with van der Waals surface area (Å²) in [6.07, 6.45) is 7.21. The first-order valence-electron chi connectivity index (χ1n) is 8.62. The van der Waals surface area contributed by atoms with Crippen LogP contribution in [0.5, 0.6) is 5.75 Å². The van der Waals surface area contributed by atoms with E-state index in [1.54, 1.807) is 18.5 Å². The third-order valence-corrected chi connectivity index (χ3v) is 4.15. The number of H-pyrrole nitrogens is 1. The van der Waals surface area contributed by atoms with Gasteiger partial charge < -0.3 is 9.72 Å². The van der Waals surface area contributed by atoms with Crippen molar-refractivity contribution in [1.29, 1.82) is 0 Å². The van der Waals surface area contributed by atoms with Crippen molar-refractivity contribution >= 4 is 28.9 Å². The summed E-state index contributed by atoms with van der Waals surface area (Å²) in [6.45, 7) is 0.424. The van der Waals surface area contributed by atoms with Crippen molar-refractivity contribution < 1.29 is 9.66 Å². The second kappa shape index (κ2) is 7.71. The Bertz CT molecular complexity index is 1150. The van der Waals surface area contributed by atoms with Crippen molar-refractivity contribution in [2.24, 2.45) is 0 Å². The number of aromatic nitrogens is 3. The van der Waals surface area contributed by atoms with E-state index in [1.807, 2.05) is 48.6 Å². The number of para-hydroxylation sites is 1. The standard InChI is InChI=1S/C21H16N4O3/c26-25(27)17-8-9-18-19(12-17)24-21(23-18)10-7-16-5-1-2-6-20(16)28-14-15-4-3-11-22-13-15/h1-13H,14H2,(H,23,24)/b10-7-. The topological polar surface area (TPSA) is 93.9 Å². The van der Waals surface area contributed by atoms with Gasteiger partial charge in [0.15, 0.2) is 0 Å². The van der Waals surface area contributed by atoms with Gasteiger partial charge in [0.1, 0.15) is 18.2 Å². The van der Waals surface area contributed by atoms with Gasteiger partial charge in [-0.15, -0.1) is 0 Å². The van der Waals surface area contributed by atoms with Crippen molar-refractivity contribution in [2.45, 2.75) is 6.61 Å². The molecule has 0 fully saturated rings. The maximum absolute atomic E-state index is 10.9. The van der Waals surface area contributed by atoms with Crippen LogP contribution in [0, 0.1) is 10.1 Å². The van der Waals surface area contributed by atoms with Gasteiger partial charge in [-0.3, -0.25) is 15.1 Å². The minimum Gasteiger partial charge on any atom is -0.488 e. The summed E-state index contributed by atoms with van der Waals surface area (Å²) in [5.74, 6) is 1.35. The summed E-state index contributed by atoms with van der Waals surface area (Å²) in [7, 11) is 0. The fourth-order valence-electron chi connectivity index (χ4n) is 2.77. The molecule has 4 aromatic rings. The Hall–Kier alpha value is -4.00. The molecule has 0 aliphatic heterocycles. The van der Waals surface area contributed by atoms with Crippen LogP contribution < -0.4 is 4.74 Å². The molecule has 0 aliphatic carbocycles. The monoisotopic (exact) mass is 372 g/mol. The molecule has 0 spiro atoms. The first kappa shape index (κ1) is 17.4. The van der Waals surface area contributed by atoms with Crippen LogP contribution in [-0.4, -0.2) is 19.9 Å². The molecule has 138 valence electrons. The van der Waals surface area contributed by atoms with E-state index >= 15 is 0 Å². The third-order valence-electron chi connectivity index (χ3n) is 4.15. The van der Waals surface area contributed by atoms with E-state index in [0.717, 1.165) is 16.9 Å². The second-order valence-corrected chi connectivity index (χ2v) is 6.10. The molecule has 0 saturated carbocycles. The minimum absolute atomic E-state index is 0.0285. The highest BCUT2D eigenvalue weighted by Crippen LogP contribution is 2.23. The number of nitrogens with zero attached hydrogens (tertiary/aromatic N) is 3. The van der Waals surface area contributed by atoms with E-state index in [0.29, 0.717) is 23.5 Å². The van der Waals surface area contributed by atoms with E-state index in [-0.39, 0.29) is 5.69 Å². The lowest BCUT2D eigenvalue weighted by Gasteiger charge is -2.08. The van der Waals surface area contributed by atoms with Gasteiger partial charge in [-0.2, -0.15) is 0 Å². The average molecular weight is 372 g/mol. The zero-order valence-corrected chi connectivity index (χ0v) is 14.8. The molecule has 0 atom stereocenters. The Balaban J connectivity index is 1.54. The number of nitrogens with one attached hydrogen (secondary N) is 1. The van der Waals surface area contributed by atoms with E-state index < -0.39 is 4.92 Å². The van der Waals surface area contributed by atoms with Gasteiger partial charge in [0.05, 0.1) is 16.0 Å². The summed E-state index contributed by atoms with van der Waals surface area (Å²) in [4.78, 5) is 22.1. The number of pyridine rings is 1. The average Bonchev–Trinajstić information content (AvgIpc) is 3.14. The number of imidazole rings is 1. The number of nitro benzene ring substituents is 1. The first-order valence-corrected chi connectivity index (χ1v) is 8.62. The Morgan fingerprint density at radius 3 is 2.82 bits per heavy atom. The molecule has 0 radical (unpaired) electrons. The maximum atomic E-state index is 10.9. The molecular formula is C21H16N4O3. The van der Waals surface area contributed by atoms with Crippen molar-refractivity contribution in [3.63, 3.8) is 0 Å². The molecule has 2 aromatic carbocycles. The number of nitro groups is 1. The van der Waals surface area contributed by atoms with Gasteiger partial charge in [0.25, 0.3) is 5.69 Å². The van der Waals surface area contributed by atoms with Gasteiger partial charge in [0, 0.05) is 35.7 Å². The molecule has 4 rings (SSSR count). The molecule has 0 bridgehead atoms. The number of rotatable bonds is 6. The van der Waals surface area contributed by atoms with Crippen molar-refractivity contribution in [3.05, 3.63) is 94.1 Å². The zero-order chi connectivity index (χ0) is 19.3. The predicted octanol–water partition coefficient (Wildman–Crippen LogP) is 4.62. The Morgan fingerprint density at radius 2 is 2.00 bits per heavy atom. The molecule has 0 amide bonds. The molecule has 0 unspecified atom stereocenters. The van der Waals surface area contributed by atoms with Crippen LogP contribution in [-0.2, 0) is 6.61 Å². The number of non-ortho nitro benzene ring substituents is 1. The Labute approximate surface area is 160 Å². The van der Waals surface area contributed by atoms with E-state index in [1.165, 1.54) is 12.1 Å². The Kier molecular flexibility index (Phi) is 4.79. The summed E-state index contributed by atoms with van der Waals surface area (Å²) in [6, 6.07) is 16.1. The number of hydrogen-bond donors (Lipinski definition) is 1. The fraction of sp³-hybridized carbons (Fsp3) is 0.0476. The van der Waals surface area contributed by atoms with Gasteiger partial charge >= 0.3 is 0 Å². The van der Waals surface area contributed by atoms with Crippen molar-refractivity contribution in [2.75, 3.05) is 0 Å². The molecule has 0 aliphatic rings. The summed E-state index contributed by atoms with van der Waals surface area (Å²) >= 11 is 0. The molecule has 0 saturated heterocycles. The number of fused-ring (bicyclic) bond motifs is 1. The van der Waals surface area contributed by atoms with Crippen LogP contribution in [0.3, 0.4) is 0 Å². The van der Waals surface area contributed by atoms with Crippen LogP contribution >= 0.6 is 0 Å². The highest BCUT2D eigenvalue weighted by molar-refractivity contribution is 5.81. The molecule has 28 heavy (non-hydrogen) atoms. The largest absolute Gasteiger partial charge is 0.488 e. The molecule has 7 heteroatoms. The summed E-state index contributed by atoms with van der Waals surface area (Å²) < 4.78 is 5.92. The molecule has 2 heterocycles. The number of ether oxygens (including phenoxy) is 1. The molecular weight excluding hydrogens is 356 g/mol. The van der Waals surface area contributed by atoms with Crippen LogP contribution in [0.2, 0.25) is 0 Å². The predicted molar refractivity (Wildman–Crippen MR) is 107 cm³/mol. The number of hydrogen-bond acceptors (Lipinski definition) is 5. The lowest BCUT2D eigenvalue weighted by Crippen LogP contribution is -1.97. The lowest BCUT2D eigenvalue weighted by molar-refractivity contribution is -0.384. The molecule has 7 nitrogen and oxygen atoms in total. The minimum atomic E-state index is -0.425. The SMILES string of the molecule is O=[N+]([O-])c1ccc2nc(/C=C\c3ccccc3OCc3cccnc3)[nH]c2c1. The number of benzene rings is 2. The van der Waals surface area contributed by atoms with Crippen molar-refractivity contribution in [1.82, 2.24) is 15.0 Å². The molecule has 1 N–H and O–H groups in total. The maximum Gasteiger partial charge on any atom is 0.271 e. The highest BCUT2D eigenvalue weighted by atomic mass is 16.6. The van der Waals surface area contributed by atoms with Crippen LogP contribution in [0.4, 0.5) is 5.69 Å². The summed E-state index contributed by atoms with van der Waals surface area (Å²) in [5.41, 5.74) is 3.21. The van der Waals surface area contributed by atoms with Crippen LogP contribution in [0.1, 0.15) is 17.0 Å². The second-order valence-electron chi connectivity index (χ2n) is 6.10. The van der Waals surface area contributed by atoms with Gasteiger partial charge in [0.2, 0.25) is 0 Å². The smallest absolute Gasteiger partial charge is 0.271 e. The molecule has 2 aromatic heterocycles. The summed E-state index contributed by atoms with van der Waals surface area (Å²) in [5, 5.41) is 10.9. The van der Waals surface area contributed by atoms with E-state index in [2.05, 4.69) is 15.0 Å². The van der Waals surface area contributed by atoms with Crippen molar-refractivity contribution in [3.8, 4) is 5.75 Å². The van der Waals surface area contributed by atoms with Crippen LogP contribution in [0.25, 0.3) is 23.2 Å². The number of aromatic amines is 1. The highest BCUT2D eigenvalue weighted by Gasteiger charge is 2.09. The third kappa shape index (κ3) is 3.88. The van der Waals surface area contributed by atoms with Crippen LogP contribution in [0.15, 0.2) is 67.0 Å². The van der Waals surface area contributed by atoms with Gasteiger partial charge in [-0.1, -0.05) is 24.3 Å². The quantitative estimate of drug-likeness (QED) is 0.394. The van der Waals surface area contributed by atoms with Gasteiger partial charge in [-0.25, -0.2) is 4.98 Å². The van der Waals surface area contributed by atoms with E-state index in [9.17, 15) is 10.1 Å². The fourth-order valence-corrected chi connectivity index (χ4v) is 2.77. The van der Waals surface area contributed by atoms with Gasteiger partial charge in [-0.05, 0) is 30.4 Å².